The van der Waals surface area contributed by atoms with Gasteiger partial charge in [0.15, 0.2) is 0 Å². The topological polar surface area (TPSA) is 71.5 Å². The van der Waals surface area contributed by atoms with Crippen LogP contribution >= 0.6 is 11.3 Å². The molecule has 0 amide bonds. The molecule has 0 aliphatic heterocycles. The number of nitrogens with zero attached hydrogens (tertiary/aromatic N) is 2. The highest BCUT2D eigenvalue weighted by Crippen LogP contribution is 2.31. The van der Waals surface area contributed by atoms with Crippen molar-refractivity contribution in [3.05, 3.63) is 10.9 Å². The smallest absolute Gasteiger partial charge is 0.129 e. The van der Waals surface area contributed by atoms with E-state index in [-0.39, 0.29) is 0 Å². The Hall–Kier alpha value is -1.29. The van der Waals surface area contributed by atoms with Crippen LogP contribution in [0.25, 0.3) is 0 Å². The Morgan fingerprint density at radius 1 is 1.35 bits per heavy atom. The maximum atomic E-state index is 8.88. The Balaban J connectivity index is 2.76. The molecule has 0 aliphatic rings. The van der Waals surface area contributed by atoms with E-state index in [1.807, 2.05) is 6.07 Å². The number of ether oxygens (including phenoxy) is 2. The van der Waals surface area contributed by atoms with Crippen LogP contribution in [0, 0.1) is 11.3 Å². The molecular formula is C11H17N3O2S. The molecule has 17 heavy (non-hydrogen) atoms. The first kappa shape index (κ1) is 13.8. The Morgan fingerprint density at radius 3 is 2.35 bits per heavy atom. The number of nitrogen functional groups attached to an aromatic ring is 1. The molecule has 6 heteroatoms. The highest BCUT2D eigenvalue weighted by Gasteiger charge is 2.12. The summed E-state index contributed by atoms with van der Waals surface area (Å²) in [4.78, 5) is 2.66. The Kier molecular flexibility index (Phi) is 5.77. The summed E-state index contributed by atoms with van der Waals surface area (Å²) in [6, 6.07) is 3.91. The molecule has 0 radical (unpaired) electrons. The first-order chi connectivity index (χ1) is 8.22. The Morgan fingerprint density at radius 2 is 1.94 bits per heavy atom. The molecule has 0 fully saturated rings. The van der Waals surface area contributed by atoms with Crippen LogP contribution in [0.3, 0.4) is 0 Å². The summed E-state index contributed by atoms with van der Waals surface area (Å²) in [7, 11) is 3.33. The summed E-state index contributed by atoms with van der Waals surface area (Å²) in [5.41, 5.74) is 6.28. The molecule has 1 aromatic heterocycles. The van der Waals surface area contributed by atoms with Crippen molar-refractivity contribution < 1.29 is 9.47 Å². The lowest BCUT2D eigenvalue weighted by Gasteiger charge is -2.21. The molecule has 0 aromatic carbocycles. The van der Waals surface area contributed by atoms with Crippen LogP contribution in [-0.4, -0.2) is 40.5 Å². The minimum Gasteiger partial charge on any atom is -0.397 e. The molecule has 0 unspecified atom stereocenters. The SMILES string of the molecule is COCCN(CCOC)c1cc(N)c(C#N)s1. The van der Waals surface area contributed by atoms with E-state index in [0.717, 1.165) is 18.1 Å². The molecule has 0 spiro atoms. The monoisotopic (exact) mass is 255 g/mol. The predicted octanol–water partition coefficient (Wildman–Crippen LogP) is 1.30. The van der Waals surface area contributed by atoms with Gasteiger partial charge in [-0.2, -0.15) is 5.26 Å². The standard InChI is InChI=1S/C11H17N3O2S/c1-15-5-3-14(4-6-16-2)11-7-9(13)10(8-12)17-11/h7H,3-6,13H2,1-2H3. The molecule has 0 atom stereocenters. The van der Waals surface area contributed by atoms with Crippen LogP contribution in [0.1, 0.15) is 4.88 Å². The molecule has 0 bridgehead atoms. The van der Waals surface area contributed by atoms with Crippen molar-refractivity contribution in [3.8, 4) is 6.07 Å². The zero-order valence-corrected chi connectivity index (χ0v) is 10.9. The van der Waals surface area contributed by atoms with Gasteiger partial charge in [-0.15, -0.1) is 11.3 Å². The van der Waals surface area contributed by atoms with Crippen molar-refractivity contribution in [2.75, 3.05) is 51.2 Å². The van der Waals surface area contributed by atoms with Gasteiger partial charge in [-0.3, -0.25) is 0 Å². The molecule has 0 aliphatic carbocycles. The van der Waals surface area contributed by atoms with E-state index in [1.54, 1.807) is 14.2 Å². The number of nitriles is 1. The van der Waals surface area contributed by atoms with Gasteiger partial charge in [0.1, 0.15) is 10.9 Å². The molecule has 1 aromatic rings. The third-order valence-electron chi connectivity index (χ3n) is 2.29. The quantitative estimate of drug-likeness (QED) is 0.795. The maximum absolute atomic E-state index is 8.88. The average Bonchev–Trinajstić information content (AvgIpc) is 2.70. The van der Waals surface area contributed by atoms with E-state index in [1.165, 1.54) is 11.3 Å². The van der Waals surface area contributed by atoms with Gasteiger partial charge in [0, 0.05) is 27.3 Å². The summed E-state index contributed by atoms with van der Waals surface area (Å²) >= 11 is 1.40. The third-order valence-corrected chi connectivity index (χ3v) is 3.41. The zero-order chi connectivity index (χ0) is 12.7. The summed E-state index contributed by atoms with van der Waals surface area (Å²) < 4.78 is 10.1. The highest BCUT2D eigenvalue weighted by atomic mass is 32.1. The van der Waals surface area contributed by atoms with Crippen molar-refractivity contribution >= 4 is 22.0 Å². The highest BCUT2D eigenvalue weighted by molar-refractivity contribution is 7.17. The number of thiophene rings is 1. The third kappa shape index (κ3) is 3.89. The largest absolute Gasteiger partial charge is 0.397 e. The number of hydrogen-bond acceptors (Lipinski definition) is 6. The first-order valence-corrected chi connectivity index (χ1v) is 6.06. The van der Waals surface area contributed by atoms with Crippen LogP contribution in [0.4, 0.5) is 10.7 Å². The number of nitrogens with two attached hydrogens (primary N) is 1. The molecular weight excluding hydrogens is 238 g/mol. The molecule has 2 N–H and O–H groups in total. The second-order valence-electron chi connectivity index (χ2n) is 3.45. The van der Waals surface area contributed by atoms with Crippen molar-refractivity contribution in [2.45, 2.75) is 0 Å². The van der Waals surface area contributed by atoms with Gasteiger partial charge in [0.25, 0.3) is 0 Å². The number of hydrogen-bond donors (Lipinski definition) is 1. The lowest BCUT2D eigenvalue weighted by Crippen LogP contribution is -2.29. The zero-order valence-electron chi connectivity index (χ0n) is 10.1. The fourth-order valence-corrected chi connectivity index (χ4v) is 2.30. The molecule has 0 saturated carbocycles. The summed E-state index contributed by atoms with van der Waals surface area (Å²) in [5.74, 6) is 0. The maximum Gasteiger partial charge on any atom is 0.129 e. The van der Waals surface area contributed by atoms with Gasteiger partial charge in [0.05, 0.1) is 23.9 Å². The van der Waals surface area contributed by atoms with Gasteiger partial charge in [-0.25, -0.2) is 0 Å². The number of rotatable bonds is 7. The summed E-state index contributed by atoms with van der Waals surface area (Å²) in [5, 5.41) is 9.86. The lowest BCUT2D eigenvalue weighted by atomic mass is 10.4. The van der Waals surface area contributed by atoms with E-state index >= 15 is 0 Å². The van der Waals surface area contributed by atoms with Crippen LogP contribution in [-0.2, 0) is 9.47 Å². The summed E-state index contributed by atoms with van der Waals surface area (Å²) in [6.07, 6.45) is 0. The molecule has 1 heterocycles. The van der Waals surface area contributed by atoms with Gasteiger partial charge in [-0.1, -0.05) is 0 Å². The van der Waals surface area contributed by atoms with E-state index < -0.39 is 0 Å². The fourth-order valence-electron chi connectivity index (χ4n) is 1.37. The second-order valence-corrected chi connectivity index (χ2v) is 4.48. The van der Waals surface area contributed by atoms with Crippen molar-refractivity contribution in [2.24, 2.45) is 0 Å². The van der Waals surface area contributed by atoms with Crippen LogP contribution in [0.2, 0.25) is 0 Å². The van der Waals surface area contributed by atoms with Crippen LogP contribution in [0.15, 0.2) is 6.07 Å². The van der Waals surface area contributed by atoms with Crippen LogP contribution in [0.5, 0.6) is 0 Å². The molecule has 1 rings (SSSR count). The first-order valence-electron chi connectivity index (χ1n) is 5.25. The fraction of sp³-hybridized carbons (Fsp3) is 0.545. The molecule has 94 valence electrons. The Bertz CT molecular complexity index is 379. The van der Waals surface area contributed by atoms with E-state index in [4.69, 9.17) is 20.5 Å². The van der Waals surface area contributed by atoms with Crippen molar-refractivity contribution in [1.29, 1.82) is 5.26 Å². The van der Waals surface area contributed by atoms with Crippen molar-refractivity contribution in [3.63, 3.8) is 0 Å². The van der Waals surface area contributed by atoms with Gasteiger partial charge in [0.2, 0.25) is 0 Å². The normalized spacial score (nSPS) is 10.2. The van der Waals surface area contributed by atoms with Gasteiger partial charge in [-0.05, 0) is 6.07 Å². The number of anilines is 2. The second kappa shape index (κ2) is 7.12. The minimum absolute atomic E-state index is 0.535. The van der Waals surface area contributed by atoms with Gasteiger partial charge >= 0.3 is 0 Å². The average molecular weight is 255 g/mol. The van der Waals surface area contributed by atoms with E-state index in [2.05, 4.69) is 11.0 Å². The van der Waals surface area contributed by atoms with Gasteiger partial charge < -0.3 is 20.1 Å². The van der Waals surface area contributed by atoms with E-state index in [0.29, 0.717) is 23.8 Å². The minimum atomic E-state index is 0.535. The predicted molar refractivity (Wildman–Crippen MR) is 69.4 cm³/mol. The lowest BCUT2D eigenvalue weighted by molar-refractivity contribution is 0.190. The van der Waals surface area contributed by atoms with Crippen LogP contribution < -0.4 is 10.6 Å². The summed E-state index contributed by atoms with van der Waals surface area (Å²) in [6.45, 7) is 2.77. The van der Waals surface area contributed by atoms with E-state index in [9.17, 15) is 0 Å². The molecule has 0 saturated heterocycles. The number of methoxy groups -OCH3 is 2. The van der Waals surface area contributed by atoms with Crippen molar-refractivity contribution in [1.82, 2.24) is 0 Å². The Labute approximate surface area is 105 Å². The molecule has 5 nitrogen and oxygen atoms in total.